The van der Waals surface area contributed by atoms with Crippen molar-refractivity contribution in [3.05, 3.63) is 90.5 Å². The maximum Gasteiger partial charge on any atom is 0.325 e. The molecule has 1 aliphatic heterocycles. The minimum absolute atomic E-state index is 0.369. The van der Waals surface area contributed by atoms with E-state index in [9.17, 15) is 14.4 Å². The predicted molar refractivity (Wildman–Crippen MR) is 120 cm³/mol. The smallest absolute Gasteiger partial charge is 0.325 e. The van der Waals surface area contributed by atoms with Crippen molar-refractivity contribution in [2.75, 3.05) is 11.9 Å². The van der Waals surface area contributed by atoms with Crippen LogP contribution in [0.15, 0.2) is 84.9 Å². The van der Waals surface area contributed by atoms with E-state index in [2.05, 4.69) is 10.6 Å². The Hall–Kier alpha value is -4.13. The van der Waals surface area contributed by atoms with Gasteiger partial charge >= 0.3 is 6.03 Å². The number of anilines is 1. The minimum Gasteiger partial charge on any atom is -0.455 e. The van der Waals surface area contributed by atoms with Crippen LogP contribution in [0.2, 0.25) is 0 Å². The summed E-state index contributed by atoms with van der Waals surface area (Å²) in [6.45, 7) is 1.42. The molecule has 2 N–H and O–H groups in total. The largest absolute Gasteiger partial charge is 0.455 e. The molecule has 0 radical (unpaired) electrons. The molecule has 1 saturated heterocycles. The summed E-state index contributed by atoms with van der Waals surface area (Å²) in [5.41, 5.74) is -0.0453. The Kier molecular flexibility index (Phi) is 5.89. The van der Waals surface area contributed by atoms with Crippen LogP contribution in [0, 0.1) is 0 Å². The van der Waals surface area contributed by atoms with E-state index >= 15 is 0 Å². The van der Waals surface area contributed by atoms with Crippen LogP contribution < -0.4 is 15.4 Å². The van der Waals surface area contributed by atoms with Crippen LogP contribution >= 0.6 is 0 Å². The first-order valence-corrected chi connectivity index (χ1v) is 10.3. The van der Waals surface area contributed by atoms with E-state index in [1.807, 2.05) is 43.3 Å². The van der Waals surface area contributed by atoms with Crippen molar-refractivity contribution in [1.82, 2.24) is 10.2 Å². The van der Waals surface area contributed by atoms with Gasteiger partial charge in [-0.25, -0.2) is 4.79 Å². The summed E-state index contributed by atoms with van der Waals surface area (Å²) < 4.78 is 5.86. The molecule has 4 amide bonds. The fraction of sp³-hybridized carbons (Fsp3) is 0.160. The van der Waals surface area contributed by atoms with Crippen molar-refractivity contribution in [2.24, 2.45) is 0 Å². The van der Waals surface area contributed by atoms with Gasteiger partial charge in [-0.05, 0) is 36.2 Å². The Labute approximate surface area is 186 Å². The van der Waals surface area contributed by atoms with E-state index in [1.54, 1.807) is 48.5 Å². The molecule has 7 nitrogen and oxygen atoms in total. The van der Waals surface area contributed by atoms with Gasteiger partial charge in [0, 0.05) is 0 Å². The van der Waals surface area contributed by atoms with E-state index in [4.69, 9.17) is 4.74 Å². The highest BCUT2D eigenvalue weighted by Gasteiger charge is 2.51. The van der Waals surface area contributed by atoms with Crippen molar-refractivity contribution in [3.8, 4) is 11.5 Å². The number of benzene rings is 3. The third kappa shape index (κ3) is 4.05. The lowest BCUT2D eigenvalue weighted by atomic mass is 9.87. The van der Waals surface area contributed by atoms with Gasteiger partial charge in [-0.15, -0.1) is 0 Å². The van der Waals surface area contributed by atoms with Crippen molar-refractivity contribution >= 4 is 23.5 Å². The van der Waals surface area contributed by atoms with Gasteiger partial charge < -0.3 is 15.4 Å². The highest BCUT2D eigenvalue weighted by Crippen LogP contribution is 2.33. The molecule has 0 saturated carbocycles. The van der Waals surface area contributed by atoms with E-state index in [0.717, 1.165) is 4.90 Å². The molecule has 7 heteroatoms. The van der Waals surface area contributed by atoms with Crippen molar-refractivity contribution in [1.29, 1.82) is 0 Å². The van der Waals surface area contributed by atoms with Crippen LogP contribution in [-0.2, 0) is 15.1 Å². The molecule has 0 aromatic heterocycles. The van der Waals surface area contributed by atoms with E-state index in [-0.39, 0.29) is 0 Å². The van der Waals surface area contributed by atoms with Gasteiger partial charge in [0.25, 0.3) is 5.91 Å². The number of urea groups is 1. The molecule has 0 spiro atoms. The average molecular weight is 429 g/mol. The van der Waals surface area contributed by atoms with Gasteiger partial charge in [-0.3, -0.25) is 14.5 Å². The normalized spacial score (nSPS) is 17.7. The topological polar surface area (TPSA) is 87.7 Å². The summed E-state index contributed by atoms with van der Waals surface area (Å²) in [6.07, 6.45) is 0.369. The molecular formula is C25H23N3O4. The van der Waals surface area contributed by atoms with Gasteiger partial charge in [0.05, 0.1) is 5.69 Å². The minimum atomic E-state index is -1.17. The van der Waals surface area contributed by atoms with E-state index in [1.165, 1.54) is 0 Å². The number of nitrogens with zero attached hydrogens (tertiary/aromatic N) is 1. The monoisotopic (exact) mass is 429 g/mol. The Balaban J connectivity index is 1.49. The fourth-order valence-corrected chi connectivity index (χ4v) is 3.74. The third-order valence-corrected chi connectivity index (χ3v) is 5.41. The highest BCUT2D eigenvalue weighted by molar-refractivity contribution is 6.10. The fourth-order valence-electron chi connectivity index (χ4n) is 3.74. The van der Waals surface area contributed by atoms with Gasteiger partial charge in [-0.1, -0.05) is 67.6 Å². The molecule has 3 aromatic rings. The molecule has 1 unspecified atom stereocenters. The summed E-state index contributed by atoms with van der Waals surface area (Å²) in [5, 5.41) is 5.53. The molecule has 3 aromatic carbocycles. The first-order chi connectivity index (χ1) is 15.5. The molecule has 4 rings (SSSR count). The molecule has 1 fully saturated rings. The van der Waals surface area contributed by atoms with Crippen molar-refractivity contribution in [3.63, 3.8) is 0 Å². The predicted octanol–water partition coefficient (Wildman–Crippen LogP) is 4.27. The van der Waals surface area contributed by atoms with Crippen LogP contribution in [0.25, 0.3) is 0 Å². The summed E-state index contributed by atoms with van der Waals surface area (Å²) in [5.74, 6) is 0.132. The zero-order valence-electron chi connectivity index (χ0n) is 17.6. The standard InChI is InChI=1S/C25H23N3O4/c1-2-25(18-11-5-3-6-12-18)23(30)28(24(31)27-25)17-22(29)26-20-15-9-10-16-21(20)32-19-13-7-4-8-14-19/h3-16H,2,17H2,1H3,(H,26,29)(H,27,31). The highest BCUT2D eigenvalue weighted by atomic mass is 16.5. The van der Waals surface area contributed by atoms with Gasteiger partial charge in [-0.2, -0.15) is 0 Å². The van der Waals surface area contributed by atoms with Crippen LogP contribution in [-0.4, -0.2) is 29.3 Å². The zero-order chi connectivity index (χ0) is 22.6. The number of nitrogens with one attached hydrogen (secondary N) is 2. The summed E-state index contributed by atoms with van der Waals surface area (Å²) >= 11 is 0. The Morgan fingerprint density at radius 2 is 1.56 bits per heavy atom. The lowest BCUT2D eigenvalue weighted by Gasteiger charge is -2.25. The lowest BCUT2D eigenvalue weighted by molar-refractivity contribution is -0.134. The third-order valence-electron chi connectivity index (χ3n) is 5.41. The molecule has 1 heterocycles. The lowest BCUT2D eigenvalue weighted by Crippen LogP contribution is -2.44. The van der Waals surface area contributed by atoms with Crippen LogP contribution in [0.5, 0.6) is 11.5 Å². The number of hydrogen-bond acceptors (Lipinski definition) is 4. The molecule has 1 aliphatic rings. The number of rotatable bonds is 7. The first kappa shape index (κ1) is 21.1. The zero-order valence-corrected chi connectivity index (χ0v) is 17.6. The van der Waals surface area contributed by atoms with Gasteiger partial charge in [0.2, 0.25) is 5.91 Å². The first-order valence-electron chi connectivity index (χ1n) is 10.3. The molecule has 162 valence electrons. The maximum atomic E-state index is 13.2. The molecular weight excluding hydrogens is 406 g/mol. The maximum absolute atomic E-state index is 13.2. The number of ether oxygens (including phenoxy) is 1. The van der Waals surface area contributed by atoms with E-state index in [0.29, 0.717) is 29.2 Å². The van der Waals surface area contributed by atoms with Crippen molar-refractivity contribution in [2.45, 2.75) is 18.9 Å². The summed E-state index contributed by atoms with van der Waals surface area (Å²) in [6, 6.07) is 24.6. The number of imide groups is 1. The number of carbonyl (C=O) groups excluding carboxylic acids is 3. The average Bonchev–Trinajstić information content (AvgIpc) is 3.07. The van der Waals surface area contributed by atoms with Gasteiger partial charge in [0.15, 0.2) is 5.75 Å². The second-order valence-corrected chi connectivity index (χ2v) is 7.41. The summed E-state index contributed by atoms with van der Waals surface area (Å²) in [4.78, 5) is 39.5. The second kappa shape index (κ2) is 8.93. The second-order valence-electron chi connectivity index (χ2n) is 7.41. The quantitative estimate of drug-likeness (QED) is 0.549. The van der Waals surface area contributed by atoms with Crippen LogP contribution in [0.4, 0.5) is 10.5 Å². The molecule has 0 bridgehead atoms. The molecule has 1 atom stereocenters. The Morgan fingerprint density at radius 1 is 0.938 bits per heavy atom. The SMILES string of the molecule is CCC1(c2ccccc2)NC(=O)N(CC(=O)Nc2ccccc2Oc2ccccc2)C1=O. The van der Waals surface area contributed by atoms with Crippen LogP contribution in [0.3, 0.4) is 0 Å². The Bertz CT molecular complexity index is 1130. The Morgan fingerprint density at radius 3 is 2.25 bits per heavy atom. The van der Waals surface area contributed by atoms with Gasteiger partial charge in [0.1, 0.15) is 17.8 Å². The molecule has 0 aliphatic carbocycles. The van der Waals surface area contributed by atoms with E-state index < -0.39 is 29.9 Å². The number of para-hydroxylation sites is 3. The van der Waals surface area contributed by atoms with Crippen molar-refractivity contribution < 1.29 is 19.1 Å². The van der Waals surface area contributed by atoms with Crippen LogP contribution in [0.1, 0.15) is 18.9 Å². The number of carbonyl (C=O) groups is 3. The summed E-state index contributed by atoms with van der Waals surface area (Å²) in [7, 11) is 0. The number of amides is 4. The molecule has 32 heavy (non-hydrogen) atoms. The number of hydrogen-bond donors (Lipinski definition) is 2.